The number of carbonyl (C=O) groups is 2. The minimum atomic E-state index is -0.596. The summed E-state index contributed by atoms with van der Waals surface area (Å²) in [5.41, 5.74) is 0. The molecular weight excluding hydrogens is 328 g/mol. The van der Waals surface area contributed by atoms with Crippen LogP contribution in [0.1, 0.15) is 13.8 Å². The van der Waals surface area contributed by atoms with Gasteiger partial charge in [-0.1, -0.05) is 24.1 Å². The molecule has 0 aromatic heterocycles. The summed E-state index contributed by atoms with van der Waals surface area (Å²) in [7, 11) is 0. The van der Waals surface area contributed by atoms with Crippen LogP contribution in [-0.4, -0.2) is 36.9 Å². The smallest absolute Gasteiger partial charge is 0.303 e. The van der Waals surface area contributed by atoms with E-state index in [9.17, 15) is 9.59 Å². The molecule has 0 unspecified atom stereocenters. The van der Waals surface area contributed by atoms with E-state index in [0.29, 0.717) is 0 Å². The molecule has 3 atom stereocenters. The molecule has 5 nitrogen and oxygen atoms in total. The molecule has 0 fully saturated rings. The Labute approximate surface area is 145 Å². The third kappa shape index (κ3) is 6.11. The molecule has 0 saturated carbocycles. The lowest BCUT2D eigenvalue weighted by atomic mass is 10.1. The van der Waals surface area contributed by atoms with Gasteiger partial charge in [0.1, 0.15) is 24.9 Å². The molecule has 2 rings (SSSR count). The minimum absolute atomic E-state index is 0.00162. The Morgan fingerprint density at radius 3 is 2.58 bits per heavy atom. The Morgan fingerprint density at radius 1 is 1.17 bits per heavy atom. The van der Waals surface area contributed by atoms with E-state index in [1.807, 2.05) is 30.3 Å². The standard InChI is InChI=1S/C18H18O5S/c1-13(19)21-12-18-17(22-14(2)20)9-8-15(23-18)10-11-24-16-6-4-3-5-7-16/h3-9,15,17-18H,12H2,1-2H3/t15-,17-,18+/m0/s1. The van der Waals surface area contributed by atoms with Crippen molar-refractivity contribution in [2.45, 2.75) is 37.1 Å². The predicted molar refractivity (Wildman–Crippen MR) is 90.1 cm³/mol. The largest absolute Gasteiger partial charge is 0.463 e. The number of thioether (sulfide) groups is 1. The first-order chi connectivity index (χ1) is 11.5. The molecule has 1 aromatic rings. The van der Waals surface area contributed by atoms with Crippen LogP contribution in [-0.2, 0) is 23.8 Å². The van der Waals surface area contributed by atoms with Crippen molar-refractivity contribution in [2.24, 2.45) is 0 Å². The number of esters is 2. The van der Waals surface area contributed by atoms with Gasteiger partial charge < -0.3 is 14.2 Å². The Hall–Kier alpha value is -2.23. The van der Waals surface area contributed by atoms with Gasteiger partial charge in [0.25, 0.3) is 0 Å². The number of hydrogen-bond donors (Lipinski definition) is 0. The van der Waals surface area contributed by atoms with Crippen LogP contribution in [0.4, 0.5) is 0 Å². The maximum Gasteiger partial charge on any atom is 0.303 e. The highest BCUT2D eigenvalue weighted by Crippen LogP contribution is 2.19. The predicted octanol–water partition coefficient (Wildman–Crippen LogP) is 2.56. The van der Waals surface area contributed by atoms with Crippen LogP contribution in [0.3, 0.4) is 0 Å². The quantitative estimate of drug-likeness (QED) is 0.361. The lowest BCUT2D eigenvalue weighted by molar-refractivity contribution is -0.161. The second-order valence-electron chi connectivity index (χ2n) is 5.02. The van der Waals surface area contributed by atoms with Crippen molar-refractivity contribution < 1.29 is 23.8 Å². The van der Waals surface area contributed by atoms with Crippen LogP contribution in [0.25, 0.3) is 0 Å². The molecule has 1 aliphatic rings. The van der Waals surface area contributed by atoms with Crippen molar-refractivity contribution >= 4 is 23.7 Å². The van der Waals surface area contributed by atoms with Crippen LogP contribution in [0.2, 0.25) is 0 Å². The van der Waals surface area contributed by atoms with Gasteiger partial charge in [-0.05, 0) is 41.3 Å². The highest BCUT2D eigenvalue weighted by atomic mass is 32.2. The van der Waals surface area contributed by atoms with E-state index in [1.54, 1.807) is 12.2 Å². The molecule has 0 N–H and O–H groups in total. The molecule has 0 bridgehead atoms. The third-order valence-electron chi connectivity index (χ3n) is 3.03. The van der Waals surface area contributed by atoms with E-state index in [-0.39, 0.29) is 6.61 Å². The van der Waals surface area contributed by atoms with E-state index in [0.717, 1.165) is 4.90 Å². The molecular formula is C18H18O5S. The van der Waals surface area contributed by atoms with E-state index < -0.39 is 30.3 Å². The Morgan fingerprint density at radius 2 is 1.92 bits per heavy atom. The van der Waals surface area contributed by atoms with Crippen molar-refractivity contribution in [3.05, 3.63) is 42.5 Å². The number of carbonyl (C=O) groups excluding carboxylic acids is 2. The summed E-state index contributed by atoms with van der Waals surface area (Å²) in [6.07, 6.45) is 1.82. The number of ether oxygens (including phenoxy) is 3. The van der Waals surface area contributed by atoms with Gasteiger partial charge in [-0.2, -0.15) is 0 Å². The Bertz CT molecular complexity index is 659. The van der Waals surface area contributed by atoms with E-state index in [4.69, 9.17) is 14.2 Å². The number of hydrogen-bond acceptors (Lipinski definition) is 6. The molecule has 24 heavy (non-hydrogen) atoms. The lowest BCUT2D eigenvalue weighted by Gasteiger charge is -2.29. The molecule has 1 heterocycles. The summed E-state index contributed by atoms with van der Waals surface area (Å²) in [6.45, 7) is 2.63. The fraction of sp³-hybridized carbons (Fsp3) is 0.333. The number of benzene rings is 1. The molecule has 0 aliphatic carbocycles. The molecule has 1 aromatic carbocycles. The second-order valence-corrected chi connectivity index (χ2v) is 5.90. The molecule has 1 aliphatic heterocycles. The first kappa shape index (κ1) is 18.1. The minimum Gasteiger partial charge on any atom is -0.463 e. The van der Waals surface area contributed by atoms with Crippen LogP contribution in [0.15, 0.2) is 47.4 Å². The van der Waals surface area contributed by atoms with Gasteiger partial charge >= 0.3 is 11.9 Å². The van der Waals surface area contributed by atoms with Gasteiger partial charge in [-0.3, -0.25) is 9.59 Å². The van der Waals surface area contributed by atoms with Gasteiger partial charge in [-0.25, -0.2) is 0 Å². The fourth-order valence-corrected chi connectivity index (χ4v) is 2.59. The topological polar surface area (TPSA) is 61.8 Å². The summed E-state index contributed by atoms with van der Waals surface area (Å²) < 4.78 is 15.9. The van der Waals surface area contributed by atoms with Crippen LogP contribution >= 0.6 is 11.8 Å². The summed E-state index contributed by atoms with van der Waals surface area (Å²) >= 11 is 1.40. The fourth-order valence-electron chi connectivity index (χ4n) is 2.00. The Kier molecular flexibility index (Phi) is 6.91. The van der Waals surface area contributed by atoms with Gasteiger partial charge in [0.2, 0.25) is 0 Å². The van der Waals surface area contributed by atoms with Crippen molar-refractivity contribution in [1.29, 1.82) is 0 Å². The maximum atomic E-state index is 11.2. The van der Waals surface area contributed by atoms with Gasteiger partial charge in [0.15, 0.2) is 0 Å². The van der Waals surface area contributed by atoms with Crippen molar-refractivity contribution in [1.82, 2.24) is 0 Å². The molecule has 0 saturated heterocycles. The molecule has 126 valence electrons. The van der Waals surface area contributed by atoms with Crippen molar-refractivity contribution in [3.8, 4) is 11.2 Å². The van der Waals surface area contributed by atoms with E-state index >= 15 is 0 Å². The monoisotopic (exact) mass is 346 g/mol. The third-order valence-corrected chi connectivity index (χ3v) is 3.76. The SMILES string of the molecule is CC(=O)OC[C@H]1O[C@H](C#CSc2ccccc2)C=C[C@@H]1OC(C)=O. The highest BCUT2D eigenvalue weighted by molar-refractivity contribution is 8.03. The summed E-state index contributed by atoms with van der Waals surface area (Å²) in [6, 6.07) is 9.77. The Balaban J connectivity index is 1.99. The highest BCUT2D eigenvalue weighted by Gasteiger charge is 2.29. The van der Waals surface area contributed by atoms with Gasteiger partial charge in [0, 0.05) is 18.7 Å². The van der Waals surface area contributed by atoms with Crippen LogP contribution in [0, 0.1) is 11.2 Å². The number of rotatable bonds is 4. The first-order valence-electron chi connectivity index (χ1n) is 7.41. The van der Waals surface area contributed by atoms with E-state index in [1.165, 1.54) is 25.6 Å². The first-order valence-corrected chi connectivity index (χ1v) is 8.23. The average Bonchev–Trinajstić information content (AvgIpc) is 2.55. The molecule has 6 heteroatoms. The second kappa shape index (κ2) is 9.16. The van der Waals surface area contributed by atoms with E-state index in [2.05, 4.69) is 11.2 Å². The molecule has 0 spiro atoms. The zero-order chi connectivity index (χ0) is 17.4. The van der Waals surface area contributed by atoms with Crippen molar-refractivity contribution in [2.75, 3.05) is 6.61 Å². The van der Waals surface area contributed by atoms with Crippen molar-refractivity contribution in [3.63, 3.8) is 0 Å². The van der Waals surface area contributed by atoms with Crippen LogP contribution < -0.4 is 0 Å². The summed E-state index contributed by atoms with van der Waals surface area (Å²) in [4.78, 5) is 23.2. The maximum absolute atomic E-state index is 11.2. The zero-order valence-electron chi connectivity index (χ0n) is 13.4. The summed E-state index contributed by atoms with van der Waals surface area (Å²) in [5, 5.41) is 2.99. The average molecular weight is 346 g/mol. The lowest BCUT2D eigenvalue weighted by Crippen LogP contribution is -2.41. The van der Waals surface area contributed by atoms with Gasteiger partial charge in [0.05, 0.1) is 0 Å². The van der Waals surface area contributed by atoms with Crippen LogP contribution in [0.5, 0.6) is 0 Å². The molecule has 0 amide bonds. The summed E-state index contributed by atoms with van der Waals surface area (Å²) in [5.74, 6) is 2.14. The molecule has 0 radical (unpaired) electrons. The zero-order valence-corrected chi connectivity index (χ0v) is 14.2. The van der Waals surface area contributed by atoms with Gasteiger partial charge in [-0.15, -0.1) is 0 Å². The normalized spacial score (nSPS) is 22.2.